The lowest BCUT2D eigenvalue weighted by atomic mass is 10.2. The average Bonchev–Trinajstić information content (AvgIpc) is 2.79. The fraction of sp³-hybridized carbons (Fsp3) is 0.412. The third-order valence-electron chi connectivity index (χ3n) is 3.72. The molecule has 5 nitrogen and oxygen atoms in total. The molecule has 0 saturated heterocycles. The fourth-order valence-electron chi connectivity index (χ4n) is 2.46. The van der Waals surface area contributed by atoms with E-state index >= 15 is 0 Å². The Morgan fingerprint density at radius 2 is 1.91 bits per heavy atom. The van der Waals surface area contributed by atoms with Crippen LogP contribution in [0.2, 0.25) is 0 Å². The van der Waals surface area contributed by atoms with Crippen molar-refractivity contribution in [2.45, 2.75) is 33.7 Å². The highest BCUT2D eigenvalue weighted by Gasteiger charge is 2.12. The predicted octanol–water partition coefficient (Wildman–Crippen LogP) is 2.87. The first-order valence-corrected chi connectivity index (χ1v) is 8.54. The predicted molar refractivity (Wildman–Crippen MR) is 95.7 cm³/mol. The number of aryl methyl sites for hydroxylation is 1. The third-order valence-corrected chi connectivity index (χ3v) is 4.25. The Hall–Kier alpha value is -1.66. The first-order valence-electron chi connectivity index (χ1n) is 7.75. The molecule has 23 heavy (non-hydrogen) atoms. The minimum Gasteiger partial charge on any atom is -0.356 e. The molecule has 0 spiro atoms. The molecule has 0 atom stereocenters. The van der Waals surface area contributed by atoms with Crippen LogP contribution in [0.1, 0.15) is 30.3 Å². The molecule has 2 aromatic rings. The van der Waals surface area contributed by atoms with Crippen molar-refractivity contribution in [3.8, 4) is 5.69 Å². The van der Waals surface area contributed by atoms with Gasteiger partial charge in [-0.2, -0.15) is 5.10 Å². The number of aromatic nitrogens is 2. The molecule has 0 bridgehead atoms. The van der Waals surface area contributed by atoms with Crippen molar-refractivity contribution >= 4 is 21.8 Å². The summed E-state index contributed by atoms with van der Waals surface area (Å²) in [5.74, 6) is 0.0208. The Morgan fingerprint density at radius 1 is 1.22 bits per heavy atom. The molecule has 0 aliphatic carbocycles. The maximum Gasteiger partial charge on any atom is 0.216 e. The van der Waals surface area contributed by atoms with Gasteiger partial charge in [-0.1, -0.05) is 15.9 Å². The van der Waals surface area contributed by atoms with Gasteiger partial charge in [0.25, 0.3) is 0 Å². The quantitative estimate of drug-likeness (QED) is 0.728. The molecule has 0 unspecified atom stereocenters. The lowest BCUT2D eigenvalue weighted by molar-refractivity contribution is -0.118. The molecule has 1 aromatic heterocycles. The van der Waals surface area contributed by atoms with E-state index in [1.165, 1.54) is 12.5 Å². The van der Waals surface area contributed by atoms with Crippen LogP contribution in [0.15, 0.2) is 28.7 Å². The molecule has 0 fully saturated rings. The Morgan fingerprint density at radius 3 is 2.57 bits per heavy atom. The molecule has 124 valence electrons. The number of carbonyl (C=O) groups is 1. The summed E-state index contributed by atoms with van der Waals surface area (Å²) in [5, 5.41) is 10.9. The molecule has 2 N–H and O–H groups in total. The normalized spacial score (nSPS) is 10.8. The topological polar surface area (TPSA) is 59.0 Å². The molecule has 2 rings (SSSR count). The van der Waals surface area contributed by atoms with Gasteiger partial charge >= 0.3 is 0 Å². The zero-order chi connectivity index (χ0) is 16.8. The number of nitrogens with one attached hydrogen (secondary N) is 2. The summed E-state index contributed by atoms with van der Waals surface area (Å²) in [6.07, 6.45) is 0.915. The number of halogens is 1. The van der Waals surface area contributed by atoms with Gasteiger partial charge in [0, 0.05) is 35.7 Å². The van der Waals surface area contributed by atoms with Crippen molar-refractivity contribution in [3.05, 3.63) is 45.7 Å². The zero-order valence-corrected chi connectivity index (χ0v) is 15.4. The standard InChI is InChI=1S/C17H23BrN4O/c1-12-17(11-19-9-4-10-20-14(3)23)13(2)22(21-12)16-7-5-15(18)6-8-16/h5-8,19H,4,9-11H2,1-3H3,(H,20,23). The summed E-state index contributed by atoms with van der Waals surface area (Å²) in [4.78, 5) is 10.8. The van der Waals surface area contributed by atoms with Crippen molar-refractivity contribution in [2.24, 2.45) is 0 Å². The highest BCUT2D eigenvalue weighted by Crippen LogP contribution is 2.19. The van der Waals surface area contributed by atoms with Crippen LogP contribution < -0.4 is 10.6 Å². The van der Waals surface area contributed by atoms with Gasteiger partial charge in [0.15, 0.2) is 0 Å². The maximum absolute atomic E-state index is 10.8. The van der Waals surface area contributed by atoms with Crippen LogP contribution in [0, 0.1) is 13.8 Å². The summed E-state index contributed by atoms with van der Waals surface area (Å²) >= 11 is 3.45. The molecule has 0 saturated carbocycles. The number of hydrogen-bond acceptors (Lipinski definition) is 3. The second-order valence-corrected chi connectivity index (χ2v) is 6.47. The zero-order valence-electron chi connectivity index (χ0n) is 13.8. The molecular weight excluding hydrogens is 356 g/mol. The summed E-state index contributed by atoms with van der Waals surface area (Å²) in [6, 6.07) is 8.14. The number of hydrogen-bond donors (Lipinski definition) is 2. The van der Waals surface area contributed by atoms with Crippen LogP contribution in [0.5, 0.6) is 0 Å². The molecule has 0 aliphatic heterocycles. The Balaban J connectivity index is 1.95. The lowest BCUT2D eigenvalue weighted by Crippen LogP contribution is -2.25. The number of carbonyl (C=O) groups excluding carboxylic acids is 1. The SMILES string of the molecule is CC(=O)NCCCNCc1c(C)nn(-c2ccc(Br)cc2)c1C. The van der Waals surface area contributed by atoms with E-state index in [9.17, 15) is 4.79 Å². The number of nitrogens with zero attached hydrogens (tertiary/aromatic N) is 2. The van der Waals surface area contributed by atoms with Crippen LogP contribution in [-0.2, 0) is 11.3 Å². The van der Waals surface area contributed by atoms with Gasteiger partial charge < -0.3 is 10.6 Å². The fourth-order valence-corrected chi connectivity index (χ4v) is 2.72. The van der Waals surface area contributed by atoms with Gasteiger partial charge in [0.1, 0.15) is 0 Å². The van der Waals surface area contributed by atoms with Gasteiger partial charge in [-0.25, -0.2) is 4.68 Å². The van der Waals surface area contributed by atoms with Crippen LogP contribution in [0.4, 0.5) is 0 Å². The van der Waals surface area contributed by atoms with Gasteiger partial charge in [-0.3, -0.25) is 4.79 Å². The van der Waals surface area contributed by atoms with Gasteiger partial charge in [-0.15, -0.1) is 0 Å². The van der Waals surface area contributed by atoms with E-state index in [1.807, 2.05) is 35.9 Å². The van der Waals surface area contributed by atoms with Gasteiger partial charge in [0.05, 0.1) is 11.4 Å². The monoisotopic (exact) mass is 378 g/mol. The molecular formula is C17H23BrN4O. The van der Waals surface area contributed by atoms with Crippen LogP contribution >= 0.6 is 15.9 Å². The summed E-state index contributed by atoms with van der Waals surface area (Å²) in [7, 11) is 0. The van der Waals surface area contributed by atoms with Crippen molar-refractivity contribution < 1.29 is 4.79 Å². The van der Waals surface area contributed by atoms with Crippen LogP contribution in [0.3, 0.4) is 0 Å². The second-order valence-electron chi connectivity index (χ2n) is 5.55. The maximum atomic E-state index is 10.8. The Labute approximate surface area is 145 Å². The lowest BCUT2D eigenvalue weighted by Gasteiger charge is -2.07. The molecule has 0 radical (unpaired) electrons. The van der Waals surface area contributed by atoms with Crippen molar-refractivity contribution in [3.63, 3.8) is 0 Å². The first kappa shape index (κ1) is 17.7. The van der Waals surface area contributed by atoms with Crippen molar-refractivity contribution in [1.29, 1.82) is 0 Å². The highest BCUT2D eigenvalue weighted by molar-refractivity contribution is 9.10. The number of amides is 1. The van der Waals surface area contributed by atoms with E-state index in [0.29, 0.717) is 6.54 Å². The van der Waals surface area contributed by atoms with Crippen LogP contribution in [0.25, 0.3) is 5.69 Å². The molecule has 0 aliphatic rings. The van der Waals surface area contributed by atoms with Crippen LogP contribution in [-0.4, -0.2) is 28.8 Å². The Kier molecular flexibility index (Phi) is 6.36. The van der Waals surface area contributed by atoms with Crippen molar-refractivity contribution in [2.75, 3.05) is 13.1 Å². The van der Waals surface area contributed by atoms with E-state index in [4.69, 9.17) is 0 Å². The van der Waals surface area contributed by atoms with E-state index in [-0.39, 0.29) is 5.91 Å². The van der Waals surface area contributed by atoms with Crippen molar-refractivity contribution in [1.82, 2.24) is 20.4 Å². The Bertz CT molecular complexity index is 664. The largest absolute Gasteiger partial charge is 0.356 e. The molecule has 1 heterocycles. The molecule has 1 aromatic carbocycles. The average molecular weight is 379 g/mol. The summed E-state index contributed by atoms with van der Waals surface area (Å²) in [6.45, 7) is 8.03. The van der Waals surface area contributed by atoms with E-state index in [0.717, 1.165) is 41.1 Å². The second kappa shape index (κ2) is 8.26. The summed E-state index contributed by atoms with van der Waals surface area (Å²) < 4.78 is 3.04. The minimum atomic E-state index is 0.0208. The number of benzene rings is 1. The number of rotatable bonds is 7. The summed E-state index contributed by atoms with van der Waals surface area (Å²) in [5.41, 5.74) is 4.48. The molecule has 6 heteroatoms. The van der Waals surface area contributed by atoms with Gasteiger partial charge in [0.2, 0.25) is 5.91 Å². The van der Waals surface area contributed by atoms with Gasteiger partial charge in [-0.05, 0) is 51.1 Å². The van der Waals surface area contributed by atoms with E-state index in [1.54, 1.807) is 0 Å². The smallest absolute Gasteiger partial charge is 0.216 e. The first-order chi connectivity index (χ1) is 11.0. The van der Waals surface area contributed by atoms with E-state index in [2.05, 4.69) is 38.6 Å². The minimum absolute atomic E-state index is 0.0208. The molecule has 1 amide bonds. The highest BCUT2D eigenvalue weighted by atomic mass is 79.9. The van der Waals surface area contributed by atoms with E-state index < -0.39 is 0 Å². The third kappa shape index (κ3) is 4.91.